The Bertz CT molecular complexity index is 477. The number of ether oxygens (including phenoxy) is 1. The molecule has 1 heterocycles. The summed E-state index contributed by atoms with van der Waals surface area (Å²) < 4.78 is 5.88. The second-order valence-corrected chi connectivity index (χ2v) is 6.90. The van der Waals surface area contributed by atoms with Crippen molar-refractivity contribution in [3.8, 4) is 0 Å². The molecule has 21 heavy (non-hydrogen) atoms. The van der Waals surface area contributed by atoms with Crippen molar-refractivity contribution in [2.45, 2.75) is 39.8 Å². The van der Waals surface area contributed by atoms with Crippen LogP contribution < -0.4 is 11.1 Å². The Labute approximate surface area is 127 Å². The number of amides is 1. The van der Waals surface area contributed by atoms with Gasteiger partial charge in [0.2, 0.25) is 5.91 Å². The van der Waals surface area contributed by atoms with Gasteiger partial charge < -0.3 is 15.8 Å². The van der Waals surface area contributed by atoms with Gasteiger partial charge in [-0.25, -0.2) is 0 Å². The number of carbonyl (C=O) groups is 1. The van der Waals surface area contributed by atoms with Crippen molar-refractivity contribution in [3.63, 3.8) is 0 Å². The van der Waals surface area contributed by atoms with Gasteiger partial charge in [-0.3, -0.25) is 4.79 Å². The first kappa shape index (κ1) is 16.0. The van der Waals surface area contributed by atoms with Gasteiger partial charge in [0.1, 0.15) is 0 Å². The van der Waals surface area contributed by atoms with Gasteiger partial charge in [-0.1, -0.05) is 32.9 Å². The molecular formula is C17H26N2O2. The number of hydrogen-bond acceptors (Lipinski definition) is 3. The van der Waals surface area contributed by atoms with E-state index in [0.29, 0.717) is 17.6 Å². The van der Waals surface area contributed by atoms with Gasteiger partial charge in [0.05, 0.1) is 6.10 Å². The Balaban J connectivity index is 1.82. The van der Waals surface area contributed by atoms with Crippen molar-refractivity contribution in [2.75, 3.05) is 13.2 Å². The Morgan fingerprint density at radius 1 is 1.33 bits per heavy atom. The molecule has 0 aromatic heterocycles. The first-order chi connectivity index (χ1) is 9.88. The van der Waals surface area contributed by atoms with Gasteiger partial charge in [0.15, 0.2) is 0 Å². The molecule has 1 amide bonds. The van der Waals surface area contributed by atoms with Crippen molar-refractivity contribution in [3.05, 3.63) is 35.4 Å². The highest BCUT2D eigenvalue weighted by Crippen LogP contribution is 2.34. The van der Waals surface area contributed by atoms with Crippen LogP contribution in [0.3, 0.4) is 0 Å². The van der Waals surface area contributed by atoms with E-state index in [-0.39, 0.29) is 11.3 Å². The van der Waals surface area contributed by atoms with Crippen molar-refractivity contribution in [1.29, 1.82) is 0 Å². The highest BCUT2D eigenvalue weighted by Gasteiger charge is 2.36. The van der Waals surface area contributed by atoms with E-state index in [1.807, 2.05) is 12.1 Å². The molecule has 4 heteroatoms. The molecule has 0 spiro atoms. The van der Waals surface area contributed by atoms with Gasteiger partial charge in [-0.05, 0) is 29.5 Å². The van der Waals surface area contributed by atoms with Crippen molar-refractivity contribution in [1.82, 2.24) is 5.32 Å². The third-order valence-electron chi connectivity index (χ3n) is 4.04. The van der Waals surface area contributed by atoms with E-state index in [4.69, 9.17) is 10.5 Å². The van der Waals surface area contributed by atoms with Crippen LogP contribution in [0.1, 0.15) is 43.1 Å². The Hall–Kier alpha value is -1.39. The molecule has 1 fully saturated rings. The molecule has 2 atom stereocenters. The maximum atomic E-state index is 11.0. The van der Waals surface area contributed by atoms with Gasteiger partial charge in [0.25, 0.3) is 0 Å². The van der Waals surface area contributed by atoms with Gasteiger partial charge >= 0.3 is 0 Å². The molecule has 0 bridgehead atoms. The number of rotatable bonds is 5. The standard InChI is InChI=1S/C17H26N2O2/c1-17(2,3)15-14(8-9-21-15)11-19-10-12-4-6-13(7-5-12)16(18)20/h4-7,14-15,19H,8-11H2,1-3H3,(H2,18,20)/t14-,15+/m1/s1. The summed E-state index contributed by atoms with van der Waals surface area (Å²) in [7, 11) is 0. The number of nitrogens with two attached hydrogens (primary N) is 1. The molecule has 1 aliphatic rings. The Morgan fingerprint density at radius 3 is 2.57 bits per heavy atom. The molecule has 116 valence electrons. The molecule has 0 aliphatic carbocycles. The van der Waals surface area contributed by atoms with Crippen LogP contribution in [0.2, 0.25) is 0 Å². The maximum absolute atomic E-state index is 11.0. The predicted octanol–water partition coefficient (Wildman–Crippen LogP) is 2.33. The third-order valence-corrected chi connectivity index (χ3v) is 4.04. The molecule has 1 aromatic rings. The highest BCUT2D eigenvalue weighted by molar-refractivity contribution is 5.92. The first-order valence-corrected chi connectivity index (χ1v) is 7.59. The molecule has 1 aromatic carbocycles. The van der Waals surface area contributed by atoms with Gasteiger partial charge in [-0.15, -0.1) is 0 Å². The molecule has 1 saturated heterocycles. The zero-order valence-electron chi connectivity index (χ0n) is 13.2. The van der Waals surface area contributed by atoms with Gasteiger partial charge in [-0.2, -0.15) is 0 Å². The number of nitrogens with one attached hydrogen (secondary N) is 1. The van der Waals surface area contributed by atoms with Crippen molar-refractivity contribution < 1.29 is 9.53 Å². The predicted molar refractivity (Wildman–Crippen MR) is 84.0 cm³/mol. The SMILES string of the molecule is CC(C)(C)[C@H]1OCC[C@@H]1CNCc1ccc(C(N)=O)cc1. The zero-order chi connectivity index (χ0) is 15.5. The van der Waals surface area contributed by atoms with Crippen LogP contribution in [0.5, 0.6) is 0 Å². The van der Waals surface area contributed by atoms with Crippen LogP contribution in [-0.2, 0) is 11.3 Å². The lowest BCUT2D eigenvalue weighted by atomic mass is 9.81. The van der Waals surface area contributed by atoms with E-state index in [2.05, 4.69) is 26.1 Å². The molecule has 0 saturated carbocycles. The van der Waals surface area contributed by atoms with Crippen LogP contribution in [-0.4, -0.2) is 25.2 Å². The number of primary amides is 1. The molecule has 0 radical (unpaired) electrons. The fourth-order valence-electron chi connectivity index (χ4n) is 2.99. The summed E-state index contributed by atoms with van der Waals surface area (Å²) in [6.07, 6.45) is 1.44. The lowest BCUT2D eigenvalue weighted by Crippen LogP contribution is -2.36. The number of benzene rings is 1. The van der Waals surface area contributed by atoms with E-state index in [0.717, 1.165) is 31.7 Å². The molecular weight excluding hydrogens is 264 g/mol. The minimum Gasteiger partial charge on any atom is -0.377 e. The summed E-state index contributed by atoms with van der Waals surface area (Å²) in [6, 6.07) is 7.44. The molecule has 1 aliphatic heterocycles. The molecule has 3 N–H and O–H groups in total. The zero-order valence-corrected chi connectivity index (χ0v) is 13.2. The average Bonchev–Trinajstić information content (AvgIpc) is 2.88. The fraction of sp³-hybridized carbons (Fsp3) is 0.588. The molecule has 0 unspecified atom stereocenters. The largest absolute Gasteiger partial charge is 0.377 e. The summed E-state index contributed by atoms with van der Waals surface area (Å²) in [5, 5.41) is 3.50. The van der Waals surface area contributed by atoms with Crippen LogP contribution >= 0.6 is 0 Å². The quantitative estimate of drug-likeness (QED) is 0.874. The minimum atomic E-state index is -0.384. The molecule has 2 rings (SSSR count). The monoisotopic (exact) mass is 290 g/mol. The van der Waals surface area contributed by atoms with Crippen LogP contribution in [0.4, 0.5) is 0 Å². The van der Waals surface area contributed by atoms with E-state index >= 15 is 0 Å². The molecule has 4 nitrogen and oxygen atoms in total. The third kappa shape index (κ3) is 4.29. The van der Waals surface area contributed by atoms with E-state index in [9.17, 15) is 4.79 Å². The van der Waals surface area contributed by atoms with Crippen LogP contribution in [0.15, 0.2) is 24.3 Å². The summed E-state index contributed by atoms with van der Waals surface area (Å²) in [5.41, 5.74) is 7.13. The Morgan fingerprint density at radius 2 is 2.00 bits per heavy atom. The minimum absolute atomic E-state index is 0.186. The van der Waals surface area contributed by atoms with E-state index < -0.39 is 0 Å². The van der Waals surface area contributed by atoms with Crippen LogP contribution in [0.25, 0.3) is 0 Å². The second-order valence-electron chi connectivity index (χ2n) is 6.90. The maximum Gasteiger partial charge on any atom is 0.248 e. The summed E-state index contributed by atoms with van der Waals surface area (Å²) >= 11 is 0. The average molecular weight is 290 g/mol. The van der Waals surface area contributed by atoms with Crippen LogP contribution in [0, 0.1) is 11.3 Å². The first-order valence-electron chi connectivity index (χ1n) is 7.59. The van der Waals surface area contributed by atoms with E-state index in [1.54, 1.807) is 12.1 Å². The Kier molecular flexibility index (Phi) is 5.01. The smallest absolute Gasteiger partial charge is 0.248 e. The summed E-state index contributed by atoms with van der Waals surface area (Å²) in [4.78, 5) is 11.0. The van der Waals surface area contributed by atoms with Gasteiger partial charge in [0, 0.05) is 31.2 Å². The normalized spacial score (nSPS) is 22.4. The number of hydrogen-bond donors (Lipinski definition) is 2. The second kappa shape index (κ2) is 6.58. The summed E-state index contributed by atoms with van der Waals surface area (Å²) in [6.45, 7) is 9.32. The lowest BCUT2D eigenvalue weighted by molar-refractivity contribution is 0.00721. The summed E-state index contributed by atoms with van der Waals surface area (Å²) in [5.74, 6) is 0.181. The fourth-order valence-corrected chi connectivity index (χ4v) is 2.99. The lowest BCUT2D eigenvalue weighted by Gasteiger charge is -2.31. The highest BCUT2D eigenvalue weighted by atomic mass is 16.5. The van der Waals surface area contributed by atoms with Crippen molar-refractivity contribution in [2.24, 2.45) is 17.1 Å². The number of carbonyl (C=O) groups excluding carboxylic acids is 1. The topological polar surface area (TPSA) is 64.3 Å². The van der Waals surface area contributed by atoms with Crippen molar-refractivity contribution >= 4 is 5.91 Å². The van der Waals surface area contributed by atoms with E-state index in [1.165, 1.54) is 0 Å².